The van der Waals surface area contributed by atoms with Gasteiger partial charge in [-0.05, 0) is 18.6 Å². The van der Waals surface area contributed by atoms with Gasteiger partial charge in [0.2, 0.25) is 5.91 Å². The predicted octanol–water partition coefficient (Wildman–Crippen LogP) is 0.973. The normalized spacial score (nSPS) is 12.3. The fourth-order valence-electron chi connectivity index (χ4n) is 1.74. The second kappa shape index (κ2) is 6.33. The van der Waals surface area contributed by atoms with Crippen LogP contribution in [0.2, 0.25) is 0 Å². The molecule has 20 heavy (non-hydrogen) atoms. The van der Waals surface area contributed by atoms with Crippen molar-refractivity contribution in [2.45, 2.75) is 32.5 Å². The number of furan rings is 1. The van der Waals surface area contributed by atoms with Gasteiger partial charge in [0, 0.05) is 7.05 Å². The molecule has 2 aromatic heterocycles. The smallest absolute Gasteiger partial charge is 0.244 e. The van der Waals surface area contributed by atoms with Crippen molar-refractivity contribution < 1.29 is 14.3 Å². The first kappa shape index (κ1) is 14.3. The zero-order chi connectivity index (χ0) is 14.5. The van der Waals surface area contributed by atoms with E-state index in [0.717, 1.165) is 5.76 Å². The van der Waals surface area contributed by atoms with Crippen LogP contribution in [0.15, 0.2) is 29.0 Å². The maximum atomic E-state index is 12.0. The topological polar surface area (TPSA) is 84.4 Å². The summed E-state index contributed by atoms with van der Waals surface area (Å²) in [6.45, 7) is 2.34. The van der Waals surface area contributed by atoms with E-state index in [9.17, 15) is 9.90 Å². The Labute approximate surface area is 116 Å². The first-order chi connectivity index (χ1) is 9.60. The molecular weight excluding hydrogens is 260 g/mol. The van der Waals surface area contributed by atoms with Gasteiger partial charge in [-0.15, -0.1) is 5.10 Å². The minimum atomic E-state index is -0.639. The molecular formula is C13H18N4O3. The molecule has 7 nitrogen and oxygen atoms in total. The quantitative estimate of drug-likeness (QED) is 0.851. The highest BCUT2D eigenvalue weighted by Crippen LogP contribution is 2.12. The highest BCUT2D eigenvalue weighted by Gasteiger charge is 2.14. The lowest BCUT2D eigenvalue weighted by Crippen LogP contribution is -2.29. The van der Waals surface area contributed by atoms with Gasteiger partial charge in [-0.2, -0.15) is 0 Å². The lowest BCUT2D eigenvalue weighted by Gasteiger charge is -2.15. The van der Waals surface area contributed by atoms with E-state index in [1.165, 1.54) is 4.68 Å². The van der Waals surface area contributed by atoms with Crippen molar-refractivity contribution in [1.82, 2.24) is 19.9 Å². The average molecular weight is 278 g/mol. The van der Waals surface area contributed by atoms with E-state index in [4.69, 9.17) is 4.42 Å². The fraction of sp³-hybridized carbons (Fsp3) is 0.462. The summed E-state index contributed by atoms with van der Waals surface area (Å²) in [4.78, 5) is 13.6. The molecule has 0 fully saturated rings. The monoisotopic (exact) mass is 278 g/mol. The molecule has 108 valence electrons. The van der Waals surface area contributed by atoms with Crippen LogP contribution in [0.4, 0.5) is 0 Å². The molecule has 1 amide bonds. The summed E-state index contributed by atoms with van der Waals surface area (Å²) in [7, 11) is 1.70. The molecule has 0 saturated heterocycles. The van der Waals surface area contributed by atoms with E-state index in [0.29, 0.717) is 18.7 Å². The lowest BCUT2D eigenvalue weighted by atomic mass is 10.2. The van der Waals surface area contributed by atoms with Gasteiger partial charge in [-0.1, -0.05) is 12.1 Å². The van der Waals surface area contributed by atoms with Crippen molar-refractivity contribution in [3.05, 3.63) is 36.0 Å². The van der Waals surface area contributed by atoms with Crippen molar-refractivity contribution >= 4 is 5.91 Å². The minimum absolute atomic E-state index is 0.0840. The fourth-order valence-corrected chi connectivity index (χ4v) is 1.74. The molecule has 1 N–H and O–H groups in total. The number of nitrogens with zero attached hydrogens (tertiary/aromatic N) is 4. The molecule has 0 aliphatic rings. The average Bonchev–Trinajstić information content (AvgIpc) is 3.09. The number of hydrogen-bond acceptors (Lipinski definition) is 5. The van der Waals surface area contributed by atoms with Crippen LogP contribution in [-0.2, 0) is 17.9 Å². The third-order valence-electron chi connectivity index (χ3n) is 2.98. The van der Waals surface area contributed by atoms with Gasteiger partial charge in [0.15, 0.2) is 0 Å². The van der Waals surface area contributed by atoms with Crippen molar-refractivity contribution in [3.8, 4) is 0 Å². The van der Waals surface area contributed by atoms with Crippen LogP contribution in [-0.4, -0.2) is 38.0 Å². The molecule has 0 saturated carbocycles. The van der Waals surface area contributed by atoms with Gasteiger partial charge >= 0.3 is 0 Å². The second-order valence-electron chi connectivity index (χ2n) is 4.59. The van der Waals surface area contributed by atoms with Gasteiger partial charge in [-0.3, -0.25) is 4.79 Å². The van der Waals surface area contributed by atoms with Crippen LogP contribution in [0.5, 0.6) is 0 Å². The molecule has 2 rings (SSSR count). The van der Waals surface area contributed by atoms with Crippen LogP contribution in [0.25, 0.3) is 0 Å². The molecule has 1 atom stereocenters. The van der Waals surface area contributed by atoms with Gasteiger partial charge in [0.1, 0.15) is 18.0 Å². The van der Waals surface area contributed by atoms with Crippen molar-refractivity contribution in [2.75, 3.05) is 7.05 Å². The molecule has 0 aliphatic carbocycles. The van der Waals surface area contributed by atoms with Crippen LogP contribution in [0.3, 0.4) is 0 Å². The maximum absolute atomic E-state index is 12.0. The van der Waals surface area contributed by atoms with Crippen molar-refractivity contribution in [1.29, 1.82) is 0 Å². The minimum Gasteiger partial charge on any atom is -0.467 e. The van der Waals surface area contributed by atoms with E-state index < -0.39 is 6.10 Å². The van der Waals surface area contributed by atoms with Crippen LogP contribution >= 0.6 is 0 Å². The third kappa shape index (κ3) is 3.45. The van der Waals surface area contributed by atoms with E-state index in [-0.39, 0.29) is 12.5 Å². The molecule has 7 heteroatoms. The third-order valence-corrected chi connectivity index (χ3v) is 2.98. The second-order valence-corrected chi connectivity index (χ2v) is 4.59. The molecule has 0 aliphatic heterocycles. The van der Waals surface area contributed by atoms with Crippen LogP contribution in [0, 0.1) is 0 Å². The Morgan fingerprint density at radius 2 is 2.40 bits per heavy atom. The van der Waals surface area contributed by atoms with Crippen molar-refractivity contribution in [3.63, 3.8) is 0 Å². The van der Waals surface area contributed by atoms with Gasteiger partial charge < -0.3 is 14.4 Å². The summed E-state index contributed by atoms with van der Waals surface area (Å²) in [5, 5.41) is 17.3. The number of amides is 1. The number of carbonyl (C=O) groups excluding carboxylic acids is 1. The van der Waals surface area contributed by atoms with Gasteiger partial charge in [-0.25, -0.2) is 4.68 Å². The molecule has 0 bridgehead atoms. The van der Waals surface area contributed by atoms with Crippen LogP contribution < -0.4 is 0 Å². The highest BCUT2D eigenvalue weighted by molar-refractivity contribution is 5.75. The lowest BCUT2D eigenvalue weighted by molar-refractivity contribution is -0.131. The van der Waals surface area contributed by atoms with E-state index in [1.54, 1.807) is 30.5 Å². The van der Waals surface area contributed by atoms with Crippen LogP contribution in [0.1, 0.15) is 30.9 Å². The Morgan fingerprint density at radius 3 is 3.05 bits per heavy atom. The molecule has 0 aromatic carbocycles. The van der Waals surface area contributed by atoms with Crippen molar-refractivity contribution in [2.24, 2.45) is 0 Å². The number of carbonyl (C=O) groups is 1. The first-order valence-corrected chi connectivity index (χ1v) is 6.44. The molecule has 2 heterocycles. The number of rotatable bonds is 6. The Balaban J connectivity index is 1.92. The Bertz CT molecular complexity index is 550. The molecule has 1 unspecified atom stereocenters. The van der Waals surface area contributed by atoms with E-state index >= 15 is 0 Å². The first-order valence-electron chi connectivity index (χ1n) is 6.44. The summed E-state index contributed by atoms with van der Waals surface area (Å²) < 4.78 is 6.62. The number of aliphatic hydroxyl groups is 1. The summed E-state index contributed by atoms with van der Waals surface area (Å²) >= 11 is 0. The number of likely N-dealkylation sites (N-methyl/N-ethyl adjacent to an activating group) is 1. The number of aliphatic hydroxyl groups excluding tert-OH is 1. The predicted molar refractivity (Wildman–Crippen MR) is 70.5 cm³/mol. The van der Waals surface area contributed by atoms with Gasteiger partial charge in [0.25, 0.3) is 0 Å². The standard InChI is InChI=1S/C13H18N4O3/c1-3-12(18)11-8-17(15-14-11)9-13(19)16(2)7-10-5-4-6-20-10/h4-6,8,12,18H,3,7,9H2,1-2H3. The zero-order valence-corrected chi connectivity index (χ0v) is 11.6. The Hall–Kier alpha value is -2.15. The largest absolute Gasteiger partial charge is 0.467 e. The molecule has 0 spiro atoms. The van der Waals surface area contributed by atoms with Gasteiger partial charge in [0.05, 0.1) is 25.1 Å². The molecule has 2 aromatic rings. The summed E-state index contributed by atoms with van der Waals surface area (Å²) in [5.74, 6) is 0.616. The SMILES string of the molecule is CCC(O)c1cn(CC(=O)N(C)Cc2ccco2)nn1. The number of hydrogen-bond donors (Lipinski definition) is 1. The zero-order valence-electron chi connectivity index (χ0n) is 11.6. The number of aromatic nitrogens is 3. The molecule has 0 radical (unpaired) electrons. The Kier molecular flexibility index (Phi) is 4.52. The van der Waals surface area contributed by atoms with E-state index in [2.05, 4.69) is 10.3 Å². The summed E-state index contributed by atoms with van der Waals surface area (Å²) in [6.07, 6.45) is 3.08. The maximum Gasteiger partial charge on any atom is 0.244 e. The summed E-state index contributed by atoms with van der Waals surface area (Å²) in [5.41, 5.74) is 0.481. The summed E-state index contributed by atoms with van der Waals surface area (Å²) in [6, 6.07) is 3.60. The highest BCUT2D eigenvalue weighted by atomic mass is 16.3. The Morgan fingerprint density at radius 1 is 1.60 bits per heavy atom. The van der Waals surface area contributed by atoms with E-state index in [1.807, 2.05) is 13.0 Å².